The Bertz CT molecular complexity index is 4600. The molecule has 0 aliphatic rings. The Kier molecular flexibility index (Phi) is 42.5. The van der Waals surface area contributed by atoms with Gasteiger partial charge in [-0.1, -0.05) is 146 Å². The van der Waals surface area contributed by atoms with Crippen molar-refractivity contribution in [1.82, 2.24) is 31.0 Å². The molecule has 116 heavy (non-hydrogen) atoms. The number of aliphatic hydroxyl groups is 1. The lowest BCUT2D eigenvalue weighted by atomic mass is 10.1. The number of ether oxygens (including phenoxy) is 8. The Hall–Kier alpha value is -11.9. The highest BCUT2D eigenvalue weighted by molar-refractivity contribution is 7.15. The highest BCUT2D eigenvalue weighted by atomic mass is 32.1. The first-order valence-corrected chi connectivity index (χ1v) is 38.4. The van der Waals surface area contributed by atoms with Crippen LogP contribution >= 0.6 is 22.7 Å². The minimum absolute atomic E-state index is 0.0368. The minimum atomic E-state index is -2.96. The molecule has 3 aromatic heterocycles. The molecular formula is C88H106F4N8O14S2. The second kappa shape index (κ2) is 51.1. The zero-order valence-electron chi connectivity index (χ0n) is 68.9. The third-order valence-electron chi connectivity index (χ3n) is 16.7. The summed E-state index contributed by atoms with van der Waals surface area (Å²) in [5.74, 6) is 3.51. The summed E-state index contributed by atoms with van der Waals surface area (Å²) in [4.78, 5) is 51.1. The number of benzene rings is 8. The van der Waals surface area contributed by atoms with E-state index in [1.54, 1.807) is 116 Å². The number of para-hydroxylation sites is 8. The largest absolute Gasteiger partial charge is 0.496 e. The van der Waals surface area contributed by atoms with Crippen LogP contribution in [0, 0.1) is 76.2 Å². The van der Waals surface area contributed by atoms with Crippen molar-refractivity contribution in [3.63, 3.8) is 0 Å². The van der Waals surface area contributed by atoms with Crippen molar-refractivity contribution in [3.05, 3.63) is 246 Å². The number of aromatic nitrogens is 4. The van der Waals surface area contributed by atoms with E-state index in [0.29, 0.717) is 46.7 Å². The lowest BCUT2D eigenvalue weighted by Crippen LogP contribution is -2.25. The Morgan fingerprint density at radius 1 is 0.440 bits per heavy atom. The van der Waals surface area contributed by atoms with E-state index in [0.717, 1.165) is 107 Å². The van der Waals surface area contributed by atoms with E-state index in [2.05, 4.69) is 54.3 Å². The van der Waals surface area contributed by atoms with Crippen molar-refractivity contribution in [1.29, 1.82) is 0 Å². The van der Waals surface area contributed by atoms with E-state index in [1.807, 2.05) is 171 Å². The number of nitrogens with zero attached hydrogens (tertiary/aromatic N) is 4. The minimum Gasteiger partial charge on any atom is -0.496 e. The van der Waals surface area contributed by atoms with E-state index < -0.39 is 25.0 Å². The van der Waals surface area contributed by atoms with Gasteiger partial charge in [-0.2, -0.15) is 17.6 Å². The van der Waals surface area contributed by atoms with E-state index in [1.165, 1.54) is 41.8 Å². The summed E-state index contributed by atoms with van der Waals surface area (Å²) in [6.07, 6.45) is 7.08. The number of nitrogens with two attached hydrogens (primary N) is 2. The quantitative estimate of drug-likeness (QED) is 0.0262. The molecule has 0 radical (unpaired) electrons. The van der Waals surface area contributed by atoms with Crippen LogP contribution in [0.2, 0.25) is 0 Å². The van der Waals surface area contributed by atoms with Gasteiger partial charge in [0, 0.05) is 36.8 Å². The van der Waals surface area contributed by atoms with Gasteiger partial charge in [-0.05, 0) is 182 Å². The molecule has 4 amide bonds. The maximum absolute atomic E-state index is 12.0. The van der Waals surface area contributed by atoms with Crippen LogP contribution in [-0.2, 0) is 0 Å². The number of nitrogens with one attached hydrogen (secondary N) is 2. The van der Waals surface area contributed by atoms with Crippen molar-refractivity contribution < 1.29 is 84.3 Å². The number of amides is 4. The molecule has 28 heteroatoms. The first-order chi connectivity index (χ1) is 55.4. The molecule has 0 aliphatic heterocycles. The SMILES string of the molecule is CCCCCCNC(=O)c1cccc(C)c1OC.COc1c(C)cccc1-c1cc(C)no1.COc1c(C)cccc1-c1ncc(C)s1.COc1c(C)cccc1-c1nnc(C)s1.COc1c(C)cccc1C(=O)NCCCO.COc1ccccc1C.Cc1cccc(C(N)=O)c1OC(F)F.Cc1cccc(C(N)=O)c1OC(F)F. The van der Waals surface area contributed by atoms with E-state index >= 15 is 0 Å². The van der Waals surface area contributed by atoms with Gasteiger partial charge in [-0.15, -0.1) is 21.5 Å². The van der Waals surface area contributed by atoms with Gasteiger partial charge in [0.05, 0.1) is 87.3 Å². The average molecular weight is 1640 g/mol. The van der Waals surface area contributed by atoms with Crippen LogP contribution < -0.4 is 60.0 Å². The third-order valence-corrected chi connectivity index (χ3v) is 18.5. The number of hydrogen-bond acceptors (Lipinski definition) is 20. The summed E-state index contributed by atoms with van der Waals surface area (Å²) in [5, 5.41) is 29.2. The molecule has 0 atom stereocenters. The van der Waals surface area contributed by atoms with Gasteiger partial charge in [-0.25, -0.2) is 4.98 Å². The number of aliphatic hydroxyl groups excluding tert-OH is 1. The number of primary amides is 2. The monoisotopic (exact) mass is 1640 g/mol. The fourth-order valence-corrected chi connectivity index (χ4v) is 12.6. The van der Waals surface area contributed by atoms with Crippen molar-refractivity contribution >= 4 is 46.3 Å². The lowest BCUT2D eigenvalue weighted by Gasteiger charge is -2.11. The van der Waals surface area contributed by atoms with Gasteiger partial charge >= 0.3 is 13.2 Å². The standard InChI is InChI=1S/C15H23NO2.C12H17NO3.C12H13NO2.C12H13NOS.C11H12N2OS.2C9H9F2NO2.C8H10O/c1-4-5-6-7-11-16-15(17)13-10-8-9-12(2)14(13)18-3;1-9-5-3-6-10(11(9)16-2)12(15)13-7-4-8-14;1-8-5-4-6-10(12(8)14-3)11-7-9(2)13-15-11;1-8-5-4-6-10(11(8)14-3)12-13-7-9(2)15-12;1-7-5-4-6-9(10(7)14-3)11-13-12-8(2)15-11;2*1-5-3-2-4-6(8(12)13)7(5)14-9(10)11;1-7-5-3-4-6-8(7)9-2/h8-10H,4-7,11H2,1-3H3,(H,16,17);3,5-6,14H,4,7-8H2,1-2H3,(H,13,15);2*4-7H,1-3H3;4-6H,1-3H3;2*2-4,9H,1H3,(H2,12,13);3-6H,1-2H3. The van der Waals surface area contributed by atoms with Crippen LogP contribution in [-0.4, -0.2) is 125 Å². The first-order valence-electron chi connectivity index (χ1n) is 36.8. The van der Waals surface area contributed by atoms with Crippen LogP contribution in [0.5, 0.6) is 46.0 Å². The molecule has 0 saturated carbocycles. The van der Waals surface area contributed by atoms with E-state index in [-0.39, 0.29) is 41.0 Å². The van der Waals surface area contributed by atoms with Crippen molar-refractivity contribution in [2.24, 2.45) is 11.5 Å². The zero-order valence-corrected chi connectivity index (χ0v) is 70.6. The summed E-state index contributed by atoms with van der Waals surface area (Å²) < 4.78 is 93.2. The molecule has 0 fully saturated rings. The van der Waals surface area contributed by atoms with Gasteiger partial charge in [0.15, 0.2) is 10.8 Å². The Balaban J connectivity index is 0.000000280. The molecule has 0 unspecified atom stereocenters. The molecule has 11 rings (SSSR count). The van der Waals surface area contributed by atoms with Gasteiger partial charge in [0.2, 0.25) is 0 Å². The summed E-state index contributed by atoms with van der Waals surface area (Å²) in [6, 6.07) is 47.9. The summed E-state index contributed by atoms with van der Waals surface area (Å²) >= 11 is 3.26. The van der Waals surface area contributed by atoms with Crippen molar-refractivity contribution in [2.75, 3.05) is 62.4 Å². The number of rotatable bonds is 25. The number of thiazole rings is 1. The van der Waals surface area contributed by atoms with Gasteiger partial charge in [0.25, 0.3) is 23.6 Å². The van der Waals surface area contributed by atoms with Crippen LogP contribution in [0.1, 0.15) is 141 Å². The molecule has 8 aromatic carbocycles. The molecule has 7 N–H and O–H groups in total. The molecule has 3 heterocycles. The highest BCUT2D eigenvalue weighted by Crippen LogP contribution is 2.37. The molecule has 0 aliphatic carbocycles. The number of aryl methyl sites for hydroxylation is 11. The first kappa shape index (κ1) is 96.5. The maximum atomic E-state index is 12.0. The normalized spacial score (nSPS) is 10.1. The Labute approximate surface area is 684 Å². The molecule has 622 valence electrons. The van der Waals surface area contributed by atoms with Crippen LogP contribution in [0.15, 0.2) is 168 Å². The van der Waals surface area contributed by atoms with Gasteiger partial charge in [-0.3, -0.25) is 19.2 Å². The van der Waals surface area contributed by atoms with Crippen molar-refractivity contribution in [3.8, 4) is 78.5 Å². The summed E-state index contributed by atoms with van der Waals surface area (Å²) in [6.45, 7) is 18.5. The van der Waals surface area contributed by atoms with Crippen LogP contribution in [0.3, 0.4) is 0 Å². The Morgan fingerprint density at radius 2 is 0.828 bits per heavy atom. The third kappa shape index (κ3) is 30.8. The maximum Gasteiger partial charge on any atom is 0.387 e. The summed E-state index contributed by atoms with van der Waals surface area (Å²) in [5.41, 5.74) is 22.3. The number of methoxy groups -OCH3 is 6. The number of carbonyl (C=O) groups excluding carboxylic acids is 4. The molecule has 0 spiro atoms. The smallest absolute Gasteiger partial charge is 0.387 e. The number of halogens is 4. The topological polar surface area (TPSA) is 303 Å². The predicted molar refractivity (Wildman–Crippen MR) is 449 cm³/mol. The molecule has 11 aromatic rings. The van der Waals surface area contributed by atoms with Crippen LogP contribution in [0.4, 0.5) is 17.6 Å². The van der Waals surface area contributed by atoms with Crippen molar-refractivity contribution in [2.45, 2.75) is 128 Å². The number of unbranched alkanes of at least 4 members (excludes halogenated alkanes) is 3. The summed E-state index contributed by atoms with van der Waals surface area (Å²) in [7, 11) is 9.87. The second-order valence-corrected chi connectivity index (χ2v) is 27.9. The molecular weight excluding hydrogens is 1530 g/mol. The molecule has 0 saturated heterocycles. The number of alkyl halides is 4. The molecule has 22 nitrogen and oxygen atoms in total. The number of hydrogen-bond donors (Lipinski definition) is 5. The van der Waals surface area contributed by atoms with E-state index in [4.69, 9.17) is 49.5 Å². The zero-order chi connectivity index (χ0) is 86.0. The fourth-order valence-electron chi connectivity index (χ4n) is 11.1. The van der Waals surface area contributed by atoms with E-state index in [9.17, 15) is 36.7 Å². The van der Waals surface area contributed by atoms with Crippen LogP contribution in [0.25, 0.3) is 32.5 Å². The average Bonchev–Trinajstić information content (AvgIpc) is 1.65. The number of carbonyl (C=O) groups is 4. The van der Waals surface area contributed by atoms with Gasteiger partial charge in [0.1, 0.15) is 56.0 Å². The predicted octanol–water partition coefficient (Wildman–Crippen LogP) is 19.1. The lowest BCUT2D eigenvalue weighted by molar-refractivity contribution is -0.0513. The second-order valence-electron chi connectivity index (χ2n) is 25.5. The highest BCUT2D eigenvalue weighted by Gasteiger charge is 2.20. The van der Waals surface area contributed by atoms with Gasteiger partial charge < -0.3 is 69.6 Å². The molecule has 0 bridgehead atoms. The Morgan fingerprint density at radius 3 is 1.18 bits per heavy atom. The fraction of sp³-hybridized carbons (Fsp3) is 0.318.